The van der Waals surface area contributed by atoms with Crippen LogP contribution < -0.4 is 0 Å². The highest BCUT2D eigenvalue weighted by molar-refractivity contribution is 5.91. The van der Waals surface area contributed by atoms with Crippen LogP contribution in [-0.4, -0.2) is 61.0 Å². The lowest BCUT2D eigenvalue weighted by Gasteiger charge is -2.41. The molecule has 1 atom stereocenters. The number of carbonyl (C=O) groups is 2. The molecule has 1 heterocycles. The van der Waals surface area contributed by atoms with Crippen molar-refractivity contribution >= 4 is 18.0 Å². The van der Waals surface area contributed by atoms with E-state index >= 15 is 0 Å². The summed E-state index contributed by atoms with van der Waals surface area (Å²) in [4.78, 5) is 30.6. The zero-order chi connectivity index (χ0) is 23.8. The minimum absolute atomic E-state index is 0.0766. The van der Waals surface area contributed by atoms with Gasteiger partial charge in [0, 0.05) is 26.2 Å². The van der Waals surface area contributed by atoms with Crippen LogP contribution in [0.5, 0.6) is 0 Å². The number of nitrogens with zero attached hydrogens (tertiary/aromatic N) is 2. The Morgan fingerprint density at radius 3 is 2.00 bits per heavy atom. The van der Waals surface area contributed by atoms with E-state index < -0.39 is 12.0 Å². The molecule has 1 aliphatic rings. The molecule has 1 saturated heterocycles. The number of hydrogen-bond acceptors (Lipinski definition) is 4. The summed E-state index contributed by atoms with van der Waals surface area (Å²) >= 11 is 0. The highest BCUT2D eigenvalue weighted by Crippen LogP contribution is 2.29. The second-order valence-corrected chi connectivity index (χ2v) is 8.40. The Labute approximate surface area is 201 Å². The Kier molecular flexibility index (Phi) is 7.89. The summed E-state index contributed by atoms with van der Waals surface area (Å²) in [7, 11) is 1.38. The van der Waals surface area contributed by atoms with Gasteiger partial charge in [-0.3, -0.25) is 9.69 Å². The number of amides is 1. The number of methoxy groups -OCH3 is 1. The lowest BCUT2D eigenvalue weighted by Crippen LogP contribution is -2.59. The highest BCUT2D eigenvalue weighted by Gasteiger charge is 2.39. The van der Waals surface area contributed by atoms with E-state index in [9.17, 15) is 9.59 Å². The molecule has 1 amide bonds. The van der Waals surface area contributed by atoms with Gasteiger partial charge in [0.05, 0.1) is 13.0 Å². The van der Waals surface area contributed by atoms with Crippen molar-refractivity contribution in [1.82, 2.24) is 9.80 Å². The molecule has 0 spiro atoms. The van der Waals surface area contributed by atoms with Gasteiger partial charge in [-0.1, -0.05) is 103 Å². The maximum Gasteiger partial charge on any atom is 0.329 e. The van der Waals surface area contributed by atoms with E-state index in [0.717, 1.165) is 16.7 Å². The van der Waals surface area contributed by atoms with Crippen LogP contribution in [0.3, 0.4) is 0 Å². The molecule has 1 fully saturated rings. The second-order valence-electron chi connectivity index (χ2n) is 8.40. The van der Waals surface area contributed by atoms with E-state index in [1.165, 1.54) is 7.11 Å². The third kappa shape index (κ3) is 5.61. The maximum absolute atomic E-state index is 13.9. The fourth-order valence-electron chi connectivity index (χ4n) is 4.44. The molecule has 174 valence electrons. The van der Waals surface area contributed by atoms with E-state index in [1.807, 2.05) is 78.9 Å². The average Bonchev–Trinajstić information content (AvgIpc) is 2.90. The van der Waals surface area contributed by atoms with Crippen LogP contribution in [0.2, 0.25) is 0 Å². The number of ether oxygens (including phenoxy) is 1. The van der Waals surface area contributed by atoms with Gasteiger partial charge < -0.3 is 9.64 Å². The molecular weight excluding hydrogens is 424 g/mol. The standard InChI is InChI=1S/C29H30N2O3/c1-34-29(33)26-22-30(19-11-14-23-12-5-2-6-13-23)20-21-31(26)28(32)27(24-15-7-3-8-16-24)25-17-9-4-10-18-25/h2-18,26-27H,19-22H2,1H3/b14-11+/t26-/m0/s1. The molecule has 5 heteroatoms. The first-order valence-electron chi connectivity index (χ1n) is 11.6. The van der Waals surface area contributed by atoms with Gasteiger partial charge in [0.25, 0.3) is 0 Å². The molecular formula is C29H30N2O3. The molecule has 34 heavy (non-hydrogen) atoms. The van der Waals surface area contributed by atoms with Crippen molar-refractivity contribution in [2.45, 2.75) is 12.0 Å². The number of benzene rings is 3. The molecule has 0 saturated carbocycles. The van der Waals surface area contributed by atoms with Gasteiger partial charge in [-0.25, -0.2) is 4.79 Å². The van der Waals surface area contributed by atoms with Gasteiger partial charge in [-0.15, -0.1) is 0 Å². The van der Waals surface area contributed by atoms with Crippen molar-refractivity contribution in [2.75, 3.05) is 33.3 Å². The van der Waals surface area contributed by atoms with E-state index in [4.69, 9.17) is 4.74 Å². The largest absolute Gasteiger partial charge is 0.467 e. The van der Waals surface area contributed by atoms with Gasteiger partial charge in [0.2, 0.25) is 5.91 Å². The summed E-state index contributed by atoms with van der Waals surface area (Å²) in [6, 6.07) is 29.0. The van der Waals surface area contributed by atoms with Crippen molar-refractivity contribution in [2.24, 2.45) is 0 Å². The van der Waals surface area contributed by atoms with Crippen LogP contribution in [0.1, 0.15) is 22.6 Å². The quantitative estimate of drug-likeness (QED) is 0.502. The smallest absolute Gasteiger partial charge is 0.329 e. The van der Waals surface area contributed by atoms with E-state index in [-0.39, 0.29) is 11.9 Å². The molecule has 5 nitrogen and oxygen atoms in total. The summed E-state index contributed by atoms with van der Waals surface area (Å²) < 4.78 is 5.11. The molecule has 0 bridgehead atoms. The Balaban J connectivity index is 1.54. The zero-order valence-corrected chi connectivity index (χ0v) is 19.4. The monoisotopic (exact) mass is 454 g/mol. The zero-order valence-electron chi connectivity index (χ0n) is 19.4. The van der Waals surface area contributed by atoms with Crippen molar-refractivity contribution < 1.29 is 14.3 Å². The molecule has 0 radical (unpaired) electrons. The molecule has 3 aromatic carbocycles. The van der Waals surface area contributed by atoms with Gasteiger partial charge in [0.1, 0.15) is 6.04 Å². The van der Waals surface area contributed by atoms with Crippen LogP contribution in [0.4, 0.5) is 0 Å². The Morgan fingerprint density at radius 2 is 1.44 bits per heavy atom. The average molecular weight is 455 g/mol. The minimum atomic E-state index is -0.647. The molecule has 1 aliphatic heterocycles. The van der Waals surface area contributed by atoms with Crippen molar-refractivity contribution in [3.05, 3.63) is 114 Å². The topological polar surface area (TPSA) is 49.9 Å². The first kappa shape index (κ1) is 23.5. The third-order valence-electron chi connectivity index (χ3n) is 6.21. The number of carbonyl (C=O) groups excluding carboxylic acids is 2. The number of rotatable bonds is 7. The fourth-order valence-corrected chi connectivity index (χ4v) is 4.44. The first-order chi connectivity index (χ1) is 16.7. The molecule has 4 rings (SSSR count). The molecule has 0 unspecified atom stereocenters. The summed E-state index contributed by atoms with van der Waals surface area (Å²) in [5.74, 6) is -0.934. The molecule has 0 N–H and O–H groups in total. The molecule has 0 aromatic heterocycles. The summed E-state index contributed by atoms with van der Waals surface area (Å²) in [5.41, 5.74) is 2.96. The predicted octanol–water partition coefficient (Wildman–Crippen LogP) is 4.22. The van der Waals surface area contributed by atoms with Crippen LogP contribution in [-0.2, 0) is 14.3 Å². The van der Waals surface area contributed by atoms with E-state index in [2.05, 4.69) is 29.2 Å². The van der Waals surface area contributed by atoms with E-state index in [1.54, 1.807) is 4.90 Å². The van der Waals surface area contributed by atoms with Crippen molar-refractivity contribution in [3.8, 4) is 0 Å². The number of esters is 1. The van der Waals surface area contributed by atoms with Gasteiger partial charge in [-0.2, -0.15) is 0 Å². The summed E-state index contributed by atoms with van der Waals surface area (Å²) in [6.07, 6.45) is 4.17. The highest BCUT2D eigenvalue weighted by atomic mass is 16.5. The van der Waals surface area contributed by atoms with Gasteiger partial charge >= 0.3 is 5.97 Å². The Hall–Kier alpha value is -3.70. The SMILES string of the molecule is COC(=O)[C@@H]1CN(C/C=C/c2ccccc2)CCN1C(=O)C(c1ccccc1)c1ccccc1. The minimum Gasteiger partial charge on any atom is -0.467 e. The second kappa shape index (κ2) is 11.4. The Bertz CT molecular complexity index is 1060. The van der Waals surface area contributed by atoms with Crippen molar-refractivity contribution in [1.29, 1.82) is 0 Å². The van der Waals surface area contributed by atoms with Crippen LogP contribution in [0, 0.1) is 0 Å². The Morgan fingerprint density at radius 1 is 0.882 bits per heavy atom. The van der Waals surface area contributed by atoms with Crippen LogP contribution in [0.15, 0.2) is 97.1 Å². The number of hydrogen-bond donors (Lipinski definition) is 0. The van der Waals surface area contributed by atoms with Crippen molar-refractivity contribution in [3.63, 3.8) is 0 Å². The summed E-state index contributed by atoms with van der Waals surface area (Å²) in [5, 5.41) is 0. The van der Waals surface area contributed by atoms with Gasteiger partial charge in [-0.05, 0) is 16.7 Å². The number of piperazine rings is 1. The lowest BCUT2D eigenvalue weighted by atomic mass is 9.89. The summed E-state index contributed by atoms with van der Waals surface area (Å²) in [6.45, 7) is 2.29. The van der Waals surface area contributed by atoms with Crippen LogP contribution in [0.25, 0.3) is 6.08 Å². The maximum atomic E-state index is 13.9. The lowest BCUT2D eigenvalue weighted by molar-refractivity contribution is -0.156. The molecule has 0 aliphatic carbocycles. The van der Waals surface area contributed by atoms with Gasteiger partial charge in [0.15, 0.2) is 0 Å². The first-order valence-corrected chi connectivity index (χ1v) is 11.6. The molecule has 3 aromatic rings. The van der Waals surface area contributed by atoms with Crippen LogP contribution >= 0.6 is 0 Å². The van der Waals surface area contributed by atoms with E-state index in [0.29, 0.717) is 26.2 Å². The normalized spacial score (nSPS) is 16.6. The predicted molar refractivity (Wildman–Crippen MR) is 134 cm³/mol. The fraction of sp³-hybridized carbons (Fsp3) is 0.241. The third-order valence-corrected chi connectivity index (χ3v) is 6.21.